The van der Waals surface area contributed by atoms with Crippen LogP contribution < -0.4 is 4.90 Å². The van der Waals surface area contributed by atoms with Gasteiger partial charge >= 0.3 is 0 Å². The van der Waals surface area contributed by atoms with Gasteiger partial charge in [0.2, 0.25) is 0 Å². The third-order valence-corrected chi connectivity index (χ3v) is 3.95. The van der Waals surface area contributed by atoms with Crippen LogP contribution in [0.25, 0.3) is 0 Å². The first-order chi connectivity index (χ1) is 9.10. The molecule has 1 heterocycles. The van der Waals surface area contributed by atoms with E-state index in [2.05, 4.69) is 37.9 Å². The van der Waals surface area contributed by atoms with Crippen LogP contribution in [0.1, 0.15) is 11.1 Å². The number of aromatic nitrogens is 1. The molecule has 0 saturated heterocycles. The lowest BCUT2D eigenvalue weighted by molar-refractivity contribution is 0.896. The van der Waals surface area contributed by atoms with Crippen molar-refractivity contribution >= 4 is 44.9 Å². The normalized spacial score (nSPS) is 10.5. The van der Waals surface area contributed by atoms with E-state index < -0.39 is 0 Å². The van der Waals surface area contributed by atoms with E-state index in [1.165, 1.54) is 5.56 Å². The van der Waals surface area contributed by atoms with Gasteiger partial charge in [-0.25, -0.2) is 4.98 Å². The van der Waals surface area contributed by atoms with Crippen molar-refractivity contribution in [3.8, 4) is 0 Å². The number of hydrogen-bond acceptors (Lipinski definition) is 2. The summed E-state index contributed by atoms with van der Waals surface area (Å²) in [5.41, 5.74) is 2.12. The Bertz CT molecular complexity index is 558. The summed E-state index contributed by atoms with van der Waals surface area (Å²) in [7, 11) is 2.00. The van der Waals surface area contributed by atoms with Gasteiger partial charge in [-0.1, -0.05) is 39.7 Å². The van der Waals surface area contributed by atoms with Crippen LogP contribution in [0.2, 0.25) is 5.02 Å². The molecule has 2 nitrogen and oxygen atoms in total. The Balaban J connectivity index is 2.15. The molecule has 0 N–H and O–H groups in total. The monoisotopic (exact) mass is 358 g/mol. The number of benzene rings is 1. The number of hydrogen-bond donors (Lipinski definition) is 0. The second kappa shape index (κ2) is 6.60. The summed E-state index contributed by atoms with van der Waals surface area (Å²) in [6, 6.07) is 10.2. The molecule has 0 saturated carbocycles. The van der Waals surface area contributed by atoms with Crippen LogP contribution in [0.4, 0.5) is 5.82 Å². The lowest BCUT2D eigenvalue weighted by atomic mass is 10.2. The maximum Gasteiger partial charge on any atom is 0.128 e. The molecule has 1 aromatic heterocycles. The molecule has 0 amide bonds. The minimum atomic E-state index is 0.389. The Morgan fingerprint density at radius 2 is 1.95 bits per heavy atom. The van der Waals surface area contributed by atoms with Gasteiger partial charge in [0.1, 0.15) is 5.82 Å². The van der Waals surface area contributed by atoms with Gasteiger partial charge in [-0.3, -0.25) is 0 Å². The van der Waals surface area contributed by atoms with E-state index in [-0.39, 0.29) is 0 Å². The van der Waals surface area contributed by atoms with Crippen molar-refractivity contribution < 1.29 is 0 Å². The molecule has 0 atom stereocenters. The van der Waals surface area contributed by atoms with Crippen molar-refractivity contribution in [2.75, 3.05) is 11.9 Å². The van der Waals surface area contributed by atoms with Crippen LogP contribution in [0.5, 0.6) is 0 Å². The Kier molecular flexibility index (Phi) is 5.08. The quantitative estimate of drug-likeness (QED) is 0.723. The van der Waals surface area contributed by atoms with Gasteiger partial charge in [0.15, 0.2) is 0 Å². The highest BCUT2D eigenvalue weighted by Gasteiger charge is 2.07. The summed E-state index contributed by atoms with van der Waals surface area (Å²) in [5, 5.41) is 0.607. The van der Waals surface area contributed by atoms with Crippen molar-refractivity contribution in [2.45, 2.75) is 12.4 Å². The largest absolute Gasteiger partial charge is 0.355 e. The zero-order valence-corrected chi connectivity index (χ0v) is 13.5. The zero-order chi connectivity index (χ0) is 13.8. The Hall–Kier alpha value is -0.770. The molecule has 0 unspecified atom stereocenters. The number of pyridine rings is 1. The molecule has 0 fully saturated rings. The lowest BCUT2D eigenvalue weighted by Crippen LogP contribution is -2.17. The fourth-order valence-corrected chi connectivity index (χ4v) is 2.45. The summed E-state index contributed by atoms with van der Waals surface area (Å²) >= 11 is 15.3. The first kappa shape index (κ1) is 14.6. The number of rotatable bonds is 4. The Morgan fingerprint density at radius 1 is 1.26 bits per heavy atom. The highest BCUT2D eigenvalue weighted by atomic mass is 79.9. The molecule has 2 rings (SSSR count). The van der Waals surface area contributed by atoms with Gasteiger partial charge < -0.3 is 4.90 Å². The van der Waals surface area contributed by atoms with Crippen molar-refractivity contribution in [3.63, 3.8) is 0 Å². The first-order valence-electron chi connectivity index (χ1n) is 5.76. The lowest BCUT2D eigenvalue weighted by Gasteiger charge is -2.19. The topological polar surface area (TPSA) is 16.1 Å². The number of halogens is 3. The minimum Gasteiger partial charge on any atom is -0.355 e. The predicted octanol–water partition coefficient (Wildman–Crippen LogP) is 4.87. The van der Waals surface area contributed by atoms with Crippen LogP contribution in [0.15, 0.2) is 41.0 Å². The highest BCUT2D eigenvalue weighted by molar-refractivity contribution is 9.10. The van der Waals surface area contributed by atoms with Gasteiger partial charge in [0, 0.05) is 30.1 Å². The van der Waals surface area contributed by atoms with E-state index in [1.54, 1.807) is 6.20 Å². The molecule has 0 radical (unpaired) electrons. The van der Waals surface area contributed by atoms with Gasteiger partial charge in [-0.2, -0.15) is 0 Å². The molecular weight excluding hydrogens is 347 g/mol. The minimum absolute atomic E-state index is 0.389. The van der Waals surface area contributed by atoms with Crippen molar-refractivity contribution in [1.29, 1.82) is 0 Å². The molecule has 19 heavy (non-hydrogen) atoms. The summed E-state index contributed by atoms with van der Waals surface area (Å²) in [4.78, 5) is 6.39. The average molecular weight is 360 g/mol. The van der Waals surface area contributed by atoms with Crippen LogP contribution in [-0.2, 0) is 12.4 Å². The van der Waals surface area contributed by atoms with E-state index in [0.717, 1.165) is 22.4 Å². The maximum atomic E-state index is 6.01. The van der Waals surface area contributed by atoms with Gasteiger partial charge in [-0.05, 0) is 29.3 Å². The first-order valence-corrected chi connectivity index (χ1v) is 7.46. The zero-order valence-electron chi connectivity index (χ0n) is 10.4. The van der Waals surface area contributed by atoms with Gasteiger partial charge in [0.25, 0.3) is 0 Å². The molecule has 0 spiro atoms. The molecular formula is C14H13BrCl2N2. The van der Waals surface area contributed by atoms with E-state index >= 15 is 0 Å². The third-order valence-electron chi connectivity index (χ3n) is 2.79. The van der Waals surface area contributed by atoms with E-state index in [9.17, 15) is 0 Å². The van der Waals surface area contributed by atoms with Crippen LogP contribution in [0, 0.1) is 0 Å². The summed E-state index contributed by atoms with van der Waals surface area (Å²) in [6.07, 6.45) is 1.65. The molecule has 2 aromatic rings. The van der Waals surface area contributed by atoms with Crippen LogP contribution >= 0.6 is 39.1 Å². The SMILES string of the molecule is CN(Cc1ccc(Br)cc1)c1cc(CCl)c(Cl)cn1. The Labute approximate surface area is 131 Å². The molecule has 0 aliphatic rings. The Morgan fingerprint density at radius 3 is 2.58 bits per heavy atom. The van der Waals surface area contributed by atoms with Crippen molar-refractivity contribution in [2.24, 2.45) is 0 Å². The molecule has 5 heteroatoms. The third kappa shape index (κ3) is 3.85. The van der Waals surface area contributed by atoms with E-state index in [1.807, 2.05) is 25.2 Å². The summed E-state index contributed by atoms with van der Waals surface area (Å²) in [5.74, 6) is 1.25. The highest BCUT2D eigenvalue weighted by Crippen LogP contribution is 2.22. The van der Waals surface area contributed by atoms with Crippen molar-refractivity contribution in [3.05, 3.63) is 57.2 Å². The number of alkyl halides is 1. The molecule has 0 aliphatic heterocycles. The fraction of sp³-hybridized carbons (Fsp3) is 0.214. The van der Waals surface area contributed by atoms with E-state index in [4.69, 9.17) is 23.2 Å². The smallest absolute Gasteiger partial charge is 0.128 e. The molecule has 0 aliphatic carbocycles. The summed E-state index contributed by atoms with van der Waals surface area (Å²) < 4.78 is 1.08. The molecule has 0 bridgehead atoms. The number of anilines is 1. The number of nitrogens with zero attached hydrogens (tertiary/aromatic N) is 2. The molecule has 100 valence electrons. The average Bonchev–Trinajstić information content (AvgIpc) is 2.42. The summed E-state index contributed by atoms with van der Waals surface area (Å²) in [6.45, 7) is 0.781. The van der Waals surface area contributed by atoms with Crippen LogP contribution in [-0.4, -0.2) is 12.0 Å². The maximum absolute atomic E-state index is 6.01. The molecule has 1 aromatic carbocycles. The fourth-order valence-electron chi connectivity index (χ4n) is 1.72. The van der Waals surface area contributed by atoms with Crippen LogP contribution in [0.3, 0.4) is 0 Å². The second-order valence-corrected chi connectivity index (χ2v) is 5.84. The predicted molar refractivity (Wildman–Crippen MR) is 85.1 cm³/mol. The second-order valence-electron chi connectivity index (χ2n) is 4.25. The van der Waals surface area contributed by atoms with Gasteiger partial charge in [-0.15, -0.1) is 11.6 Å². The van der Waals surface area contributed by atoms with Crippen molar-refractivity contribution in [1.82, 2.24) is 4.98 Å². The standard InChI is InChI=1S/C14H13BrCl2N2/c1-19(9-10-2-4-12(15)5-3-10)14-6-11(7-16)13(17)8-18-14/h2-6,8H,7,9H2,1H3. The van der Waals surface area contributed by atoms with E-state index in [0.29, 0.717) is 10.9 Å². The van der Waals surface area contributed by atoms with Gasteiger partial charge in [0.05, 0.1) is 5.02 Å².